The molecule has 0 saturated heterocycles. The molecule has 0 aliphatic rings. The van der Waals surface area contributed by atoms with Gasteiger partial charge in [0.25, 0.3) is 0 Å². The van der Waals surface area contributed by atoms with Crippen molar-refractivity contribution in [2.24, 2.45) is 5.73 Å². The Morgan fingerprint density at radius 3 is 2.35 bits per heavy atom. The third-order valence-corrected chi connectivity index (χ3v) is 3.11. The molecule has 0 aromatic heterocycles. The summed E-state index contributed by atoms with van der Waals surface area (Å²) in [6, 6.07) is 10.6. The van der Waals surface area contributed by atoms with E-state index in [4.69, 9.17) is 18.0 Å². The Labute approximate surface area is 121 Å². The van der Waals surface area contributed by atoms with Gasteiger partial charge in [0.05, 0.1) is 0 Å². The average Bonchev–Trinajstić information content (AvgIpc) is 2.42. The monoisotopic (exact) mass is 292 g/mol. The summed E-state index contributed by atoms with van der Waals surface area (Å²) in [6.45, 7) is 0.618. The molecule has 0 saturated carbocycles. The van der Waals surface area contributed by atoms with Crippen molar-refractivity contribution >= 4 is 22.9 Å². The van der Waals surface area contributed by atoms with Crippen LogP contribution in [-0.2, 0) is 6.42 Å². The largest absolute Gasteiger partial charge is 0.389 e. The van der Waals surface area contributed by atoms with Crippen molar-refractivity contribution in [3.63, 3.8) is 0 Å². The normalized spacial score (nSPS) is 10.3. The highest BCUT2D eigenvalue weighted by Gasteiger charge is 2.06. The van der Waals surface area contributed by atoms with Crippen LogP contribution in [0.2, 0.25) is 0 Å². The van der Waals surface area contributed by atoms with Gasteiger partial charge in [0.1, 0.15) is 16.6 Å². The van der Waals surface area contributed by atoms with Crippen LogP contribution in [0, 0.1) is 11.6 Å². The van der Waals surface area contributed by atoms with Gasteiger partial charge < -0.3 is 11.1 Å². The minimum atomic E-state index is -0.378. The number of nitrogens with two attached hydrogens (primary N) is 1. The lowest BCUT2D eigenvalue weighted by Gasteiger charge is -2.11. The molecule has 2 aromatic carbocycles. The molecule has 0 bridgehead atoms. The number of hydrogen-bond donors (Lipinski definition) is 2. The van der Waals surface area contributed by atoms with Crippen LogP contribution in [0.15, 0.2) is 42.5 Å². The zero-order chi connectivity index (χ0) is 14.5. The van der Waals surface area contributed by atoms with Crippen LogP contribution in [0.1, 0.15) is 11.1 Å². The predicted octanol–water partition coefficient (Wildman–Crippen LogP) is 3.25. The zero-order valence-corrected chi connectivity index (χ0v) is 11.5. The van der Waals surface area contributed by atoms with Gasteiger partial charge in [-0.25, -0.2) is 8.78 Å². The van der Waals surface area contributed by atoms with Crippen molar-refractivity contribution in [3.05, 3.63) is 65.2 Å². The fraction of sp³-hybridized carbons (Fsp3) is 0.133. The fourth-order valence-corrected chi connectivity index (χ4v) is 2.04. The Balaban J connectivity index is 2.00. The quantitative estimate of drug-likeness (QED) is 0.831. The van der Waals surface area contributed by atoms with E-state index in [1.165, 1.54) is 24.3 Å². The maximum absolute atomic E-state index is 13.2. The number of rotatable bonds is 5. The first-order valence-electron chi connectivity index (χ1n) is 6.14. The van der Waals surface area contributed by atoms with Gasteiger partial charge in [-0.1, -0.05) is 24.4 Å². The molecular weight excluding hydrogens is 278 g/mol. The Hall–Kier alpha value is -2.01. The summed E-state index contributed by atoms with van der Waals surface area (Å²) in [5.74, 6) is -0.632. The minimum Gasteiger partial charge on any atom is -0.389 e. The highest BCUT2D eigenvalue weighted by molar-refractivity contribution is 7.80. The molecule has 0 aliphatic carbocycles. The van der Waals surface area contributed by atoms with E-state index in [9.17, 15) is 8.78 Å². The predicted molar refractivity (Wildman–Crippen MR) is 80.9 cm³/mol. The molecule has 0 atom stereocenters. The molecule has 0 amide bonds. The van der Waals surface area contributed by atoms with Crippen molar-refractivity contribution < 1.29 is 8.78 Å². The van der Waals surface area contributed by atoms with Gasteiger partial charge in [-0.15, -0.1) is 0 Å². The van der Waals surface area contributed by atoms with E-state index in [2.05, 4.69) is 5.32 Å². The van der Waals surface area contributed by atoms with Crippen LogP contribution < -0.4 is 11.1 Å². The van der Waals surface area contributed by atoms with Crippen LogP contribution in [0.25, 0.3) is 0 Å². The van der Waals surface area contributed by atoms with E-state index in [-0.39, 0.29) is 16.6 Å². The molecule has 0 aliphatic heterocycles. The summed E-state index contributed by atoms with van der Waals surface area (Å²) in [4.78, 5) is 0.147. The lowest BCUT2D eigenvalue weighted by Crippen LogP contribution is -2.15. The molecule has 0 heterocycles. The highest BCUT2D eigenvalue weighted by atomic mass is 32.1. The van der Waals surface area contributed by atoms with E-state index in [1.54, 1.807) is 18.2 Å². The number of anilines is 1. The Morgan fingerprint density at radius 1 is 1.05 bits per heavy atom. The number of hydrogen-bond acceptors (Lipinski definition) is 2. The lowest BCUT2D eigenvalue weighted by atomic mass is 10.1. The molecular formula is C15H14F2N2S. The van der Waals surface area contributed by atoms with Gasteiger partial charge in [-0.05, 0) is 42.3 Å². The number of thiocarbonyl (C=S) groups is 1. The molecule has 2 nitrogen and oxygen atoms in total. The zero-order valence-electron chi connectivity index (χ0n) is 10.7. The van der Waals surface area contributed by atoms with E-state index in [1.807, 2.05) is 0 Å². The standard InChI is InChI=1S/C15H14F2N2S/c16-11-3-1-10(2-4-11)7-8-19-14-6-5-12(17)9-13(14)15(18)20/h1-6,9,19H,7-8H2,(H2,18,20). The van der Waals surface area contributed by atoms with Crippen molar-refractivity contribution in [1.82, 2.24) is 0 Å². The maximum Gasteiger partial charge on any atom is 0.124 e. The Morgan fingerprint density at radius 2 is 1.70 bits per heavy atom. The summed E-state index contributed by atoms with van der Waals surface area (Å²) in [7, 11) is 0. The van der Waals surface area contributed by atoms with Crippen LogP contribution in [0.3, 0.4) is 0 Å². The minimum absolute atomic E-state index is 0.147. The molecule has 0 radical (unpaired) electrons. The Kier molecular flexibility index (Phi) is 4.63. The van der Waals surface area contributed by atoms with E-state index >= 15 is 0 Å². The lowest BCUT2D eigenvalue weighted by molar-refractivity contribution is 0.627. The van der Waals surface area contributed by atoms with Gasteiger partial charge in [-0.3, -0.25) is 0 Å². The summed E-state index contributed by atoms with van der Waals surface area (Å²) in [5, 5.41) is 3.16. The van der Waals surface area contributed by atoms with Crippen molar-refractivity contribution in [2.45, 2.75) is 6.42 Å². The summed E-state index contributed by atoms with van der Waals surface area (Å²) >= 11 is 4.90. The van der Waals surface area contributed by atoms with E-state index in [0.29, 0.717) is 24.2 Å². The topological polar surface area (TPSA) is 38.0 Å². The number of halogens is 2. The Bertz CT molecular complexity index is 612. The highest BCUT2D eigenvalue weighted by Crippen LogP contribution is 2.17. The van der Waals surface area contributed by atoms with Gasteiger partial charge >= 0.3 is 0 Å². The first kappa shape index (κ1) is 14.4. The molecule has 0 spiro atoms. The SMILES string of the molecule is NC(=S)c1cc(F)ccc1NCCc1ccc(F)cc1. The third-order valence-electron chi connectivity index (χ3n) is 2.89. The molecule has 20 heavy (non-hydrogen) atoms. The van der Waals surface area contributed by atoms with Crippen molar-refractivity contribution in [1.29, 1.82) is 0 Å². The smallest absolute Gasteiger partial charge is 0.124 e. The molecule has 2 aromatic rings. The molecule has 0 unspecified atom stereocenters. The fourth-order valence-electron chi connectivity index (χ4n) is 1.87. The van der Waals surface area contributed by atoms with Gasteiger partial charge in [-0.2, -0.15) is 0 Å². The average molecular weight is 292 g/mol. The van der Waals surface area contributed by atoms with Crippen LogP contribution in [-0.4, -0.2) is 11.5 Å². The first-order valence-corrected chi connectivity index (χ1v) is 6.55. The molecule has 3 N–H and O–H groups in total. The van der Waals surface area contributed by atoms with Crippen LogP contribution in [0.5, 0.6) is 0 Å². The molecule has 5 heteroatoms. The maximum atomic E-state index is 13.2. The molecule has 0 fully saturated rings. The summed E-state index contributed by atoms with van der Waals surface area (Å²) in [5.41, 5.74) is 7.76. The summed E-state index contributed by atoms with van der Waals surface area (Å²) in [6.07, 6.45) is 0.717. The first-order chi connectivity index (χ1) is 9.56. The second kappa shape index (κ2) is 6.43. The third kappa shape index (κ3) is 3.74. The molecule has 104 valence electrons. The summed E-state index contributed by atoms with van der Waals surface area (Å²) < 4.78 is 25.9. The van der Waals surface area contributed by atoms with Crippen LogP contribution in [0.4, 0.5) is 14.5 Å². The van der Waals surface area contributed by atoms with Crippen LogP contribution >= 0.6 is 12.2 Å². The van der Waals surface area contributed by atoms with Crippen molar-refractivity contribution in [3.8, 4) is 0 Å². The molecule has 2 rings (SSSR count). The van der Waals surface area contributed by atoms with Gasteiger partial charge in [0.15, 0.2) is 0 Å². The number of benzene rings is 2. The van der Waals surface area contributed by atoms with Crippen molar-refractivity contribution in [2.75, 3.05) is 11.9 Å². The number of nitrogens with one attached hydrogen (secondary N) is 1. The van der Waals surface area contributed by atoms with Gasteiger partial charge in [0, 0.05) is 17.8 Å². The van der Waals surface area contributed by atoms with E-state index in [0.717, 1.165) is 5.56 Å². The van der Waals surface area contributed by atoms with Gasteiger partial charge in [0.2, 0.25) is 0 Å². The van der Waals surface area contributed by atoms with E-state index < -0.39 is 0 Å². The second-order valence-corrected chi connectivity index (χ2v) is 4.80. The second-order valence-electron chi connectivity index (χ2n) is 4.36.